The molecule has 0 rings (SSSR count). The Hall–Kier alpha value is -3.41. The highest BCUT2D eigenvalue weighted by Gasteiger charge is 2.19. The number of unbranched alkanes of at least 4 members (excludes halogenated alkanes) is 30. The van der Waals surface area contributed by atoms with E-state index in [1.54, 1.807) is 0 Å². The molecule has 0 aliphatic carbocycles. The van der Waals surface area contributed by atoms with E-state index in [4.69, 9.17) is 14.2 Å². The summed E-state index contributed by atoms with van der Waals surface area (Å²) in [5.41, 5.74) is 0. The quantitative estimate of drug-likeness (QED) is 0.0261. The van der Waals surface area contributed by atoms with E-state index in [0.717, 1.165) is 109 Å². The standard InChI is InChI=1S/C66H114O6/c1-4-7-10-13-16-19-22-25-27-29-30-31-32-33-34-35-37-38-41-44-47-50-53-56-59-65(68)71-62-63(61-70-64(67)58-55-52-49-46-43-40-24-21-18-15-12-9-6-3)72-66(69)60-57-54-51-48-45-42-39-36-28-26-23-20-17-14-11-8-5-2/h8,11-12,15,17,20-21,24,26,28,39,42,48,51,63H,4-7,9-10,13-14,16,18-19,22-23,25,27,29-38,40-41,43-47,49-50,52-62H2,1-3H3/b11-8-,15-12-,20-17-,24-21-,28-26-,42-39-,51-48-. The molecule has 0 radical (unpaired) electrons. The average Bonchev–Trinajstić information content (AvgIpc) is 3.38. The van der Waals surface area contributed by atoms with Crippen molar-refractivity contribution >= 4 is 17.9 Å². The molecule has 0 saturated heterocycles. The summed E-state index contributed by atoms with van der Waals surface area (Å²) in [6.07, 6.45) is 78.9. The Bertz CT molecular complexity index is 1380. The molecule has 0 N–H and O–H groups in total. The number of hydrogen-bond donors (Lipinski definition) is 0. The number of allylic oxidation sites excluding steroid dienone is 14. The van der Waals surface area contributed by atoms with Crippen molar-refractivity contribution in [2.24, 2.45) is 0 Å². The van der Waals surface area contributed by atoms with E-state index in [-0.39, 0.29) is 37.5 Å². The maximum atomic E-state index is 12.8. The number of carbonyl (C=O) groups is 3. The van der Waals surface area contributed by atoms with E-state index < -0.39 is 6.10 Å². The van der Waals surface area contributed by atoms with Crippen molar-refractivity contribution < 1.29 is 28.6 Å². The van der Waals surface area contributed by atoms with Gasteiger partial charge < -0.3 is 14.2 Å². The van der Waals surface area contributed by atoms with Crippen LogP contribution in [0.3, 0.4) is 0 Å². The van der Waals surface area contributed by atoms with Gasteiger partial charge in [-0.15, -0.1) is 0 Å². The van der Waals surface area contributed by atoms with Gasteiger partial charge in [-0.05, 0) is 83.5 Å². The van der Waals surface area contributed by atoms with E-state index in [1.165, 1.54) is 141 Å². The van der Waals surface area contributed by atoms with Crippen LogP contribution in [0.25, 0.3) is 0 Å². The molecule has 0 heterocycles. The Morgan fingerprint density at radius 2 is 0.583 bits per heavy atom. The van der Waals surface area contributed by atoms with Crippen LogP contribution in [0.1, 0.15) is 297 Å². The van der Waals surface area contributed by atoms with Crippen LogP contribution in [-0.4, -0.2) is 37.2 Å². The van der Waals surface area contributed by atoms with E-state index in [2.05, 4.69) is 106 Å². The lowest BCUT2D eigenvalue weighted by Crippen LogP contribution is -2.30. The van der Waals surface area contributed by atoms with Crippen LogP contribution < -0.4 is 0 Å². The minimum atomic E-state index is -0.812. The molecule has 0 amide bonds. The normalized spacial score (nSPS) is 12.7. The van der Waals surface area contributed by atoms with Gasteiger partial charge in [0.05, 0.1) is 0 Å². The Balaban J connectivity index is 4.35. The average molecular weight is 1000 g/mol. The molecule has 0 spiro atoms. The van der Waals surface area contributed by atoms with Gasteiger partial charge >= 0.3 is 17.9 Å². The van der Waals surface area contributed by atoms with Crippen molar-refractivity contribution in [1.29, 1.82) is 0 Å². The summed E-state index contributed by atoms with van der Waals surface area (Å²) in [5, 5.41) is 0. The number of ether oxygens (including phenoxy) is 3. The molecule has 0 aromatic rings. The second-order valence-electron chi connectivity index (χ2n) is 20.2. The van der Waals surface area contributed by atoms with Gasteiger partial charge in [0.1, 0.15) is 13.2 Å². The van der Waals surface area contributed by atoms with Crippen molar-refractivity contribution in [3.63, 3.8) is 0 Å². The predicted molar refractivity (Wildman–Crippen MR) is 311 cm³/mol. The van der Waals surface area contributed by atoms with Crippen molar-refractivity contribution in [2.45, 2.75) is 303 Å². The Morgan fingerprint density at radius 3 is 0.944 bits per heavy atom. The molecule has 0 bridgehead atoms. The van der Waals surface area contributed by atoms with Crippen molar-refractivity contribution in [3.05, 3.63) is 85.1 Å². The lowest BCUT2D eigenvalue weighted by molar-refractivity contribution is -0.167. The summed E-state index contributed by atoms with van der Waals surface area (Å²) < 4.78 is 16.8. The SMILES string of the molecule is CC/C=C\C/C=C\C/C=C\C/C=C\C/C=C\CCCC(=O)OC(COC(=O)CCCCCCC/C=C\C/C=C\CCC)COC(=O)CCCCCCCCCCCCCCCCCCCCCCCCCC. The maximum absolute atomic E-state index is 12.8. The first-order chi connectivity index (χ1) is 35.5. The number of carbonyl (C=O) groups excluding carboxylic acids is 3. The first-order valence-corrected chi connectivity index (χ1v) is 30.6. The highest BCUT2D eigenvalue weighted by Crippen LogP contribution is 2.17. The maximum Gasteiger partial charge on any atom is 0.306 e. The number of rotatable bonds is 55. The van der Waals surface area contributed by atoms with Crippen molar-refractivity contribution in [1.82, 2.24) is 0 Å². The van der Waals surface area contributed by atoms with E-state index in [1.807, 2.05) is 0 Å². The van der Waals surface area contributed by atoms with Gasteiger partial charge in [0, 0.05) is 19.3 Å². The van der Waals surface area contributed by atoms with Crippen LogP contribution in [0.4, 0.5) is 0 Å². The molecule has 72 heavy (non-hydrogen) atoms. The fourth-order valence-corrected chi connectivity index (χ4v) is 8.58. The van der Waals surface area contributed by atoms with Crippen LogP contribution >= 0.6 is 0 Å². The third-order valence-electron chi connectivity index (χ3n) is 13.1. The zero-order valence-corrected chi connectivity index (χ0v) is 47.4. The van der Waals surface area contributed by atoms with E-state index in [9.17, 15) is 14.4 Å². The fraction of sp³-hybridized carbons (Fsp3) is 0.742. The minimum Gasteiger partial charge on any atom is -0.462 e. The molecule has 1 atom stereocenters. The molecule has 414 valence electrons. The lowest BCUT2D eigenvalue weighted by Gasteiger charge is -2.18. The summed E-state index contributed by atoms with van der Waals surface area (Å²) >= 11 is 0. The summed E-state index contributed by atoms with van der Waals surface area (Å²) in [4.78, 5) is 38.2. The summed E-state index contributed by atoms with van der Waals surface area (Å²) in [7, 11) is 0. The molecule has 1 unspecified atom stereocenters. The molecule has 0 aromatic heterocycles. The third-order valence-corrected chi connectivity index (χ3v) is 13.1. The second kappa shape index (κ2) is 60.1. The Morgan fingerprint density at radius 1 is 0.292 bits per heavy atom. The summed E-state index contributed by atoms with van der Waals surface area (Å²) in [6, 6.07) is 0. The van der Waals surface area contributed by atoms with Crippen molar-refractivity contribution in [3.8, 4) is 0 Å². The molecule has 0 aliphatic heterocycles. The first-order valence-electron chi connectivity index (χ1n) is 30.6. The number of esters is 3. The summed E-state index contributed by atoms with van der Waals surface area (Å²) in [6.45, 7) is 6.43. The largest absolute Gasteiger partial charge is 0.462 e. The van der Waals surface area contributed by atoms with Crippen molar-refractivity contribution in [2.75, 3.05) is 13.2 Å². The Kier molecular flexibility index (Phi) is 57.3. The molecular formula is C66H114O6. The monoisotopic (exact) mass is 1000 g/mol. The smallest absolute Gasteiger partial charge is 0.306 e. The molecule has 0 saturated carbocycles. The zero-order chi connectivity index (χ0) is 52.2. The van der Waals surface area contributed by atoms with Gasteiger partial charge in [-0.2, -0.15) is 0 Å². The van der Waals surface area contributed by atoms with Crippen LogP contribution in [0.5, 0.6) is 0 Å². The molecule has 0 aromatic carbocycles. The van der Waals surface area contributed by atoms with Crippen LogP contribution in [0.2, 0.25) is 0 Å². The van der Waals surface area contributed by atoms with Gasteiger partial charge in [0.15, 0.2) is 6.10 Å². The molecule has 0 fully saturated rings. The highest BCUT2D eigenvalue weighted by atomic mass is 16.6. The molecule has 6 nitrogen and oxygen atoms in total. The topological polar surface area (TPSA) is 78.9 Å². The molecule has 0 aliphatic rings. The molecule has 6 heteroatoms. The van der Waals surface area contributed by atoms with Crippen LogP contribution in [-0.2, 0) is 28.6 Å². The first kappa shape index (κ1) is 68.6. The third kappa shape index (κ3) is 57.5. The van der Waals surface area contributed by atoms with Gasteiger partial charge in [-0.1, -0.05) is 279 Å². The van der Waals surface area contributed by atoms with E-state index in [0.29, 0.717) is 19.3 Å². The minimum absolute atomic E-state index is 0.102. The van der Waals surface area contributed by atoms with Crippen LogP contribution in [0.15, 0.2) is 85.1 Å². The van der Waals surface area contributed by atoms with Gasteiger partial charge in [0.2, 0.25) is 0 Å². The van der Waals surface area contributed by atoms with E-state index >= 15 is 0 Å². The highest BCUT2D eigenvalue weighted by molar-refractivity contribution is 5.71. The van der Waals surface area contributed by atoms with Gasteiger partial charge in [0.25, 0.3) is 0 Å². The summed E-state index contributed by atoms with van der Waals surface area (Å²) in [5.74, 6) is -0.966. The second-order valence-corrected chi connectivity index (χ2v) is 20.2. The zero-order valence-electron chi connectivity index (χ0n) is 47.4. The van der Waals surface area contributed by atoms with Crippen LogP contribution in [0, 0.1) is 0 Å². The predicted octanol–water partition coefficient (Wildman–Crippen LogP) is 20.7. The Labute approximate surface area is 445 Å². The van der Waals surface area contributed by atoms with Gasteiger partial charge in [-0.25, -0.2) is 0 Å². The lowest BCUT2D eigenvalue weighted by atomic mass is 10.0. The van der Waals surface area contributed by atoms with Gasteiger partial charge in [-0.3, -0.25) is 14.4 Å². The fourth-order valence-electron chi connectivity index (χ4n) is 8.58. The number of hydrogen-bond acceptors (Lipinski definition) is 6. The molecular weight excluding hydrogens is 889 g/mol.